The van der Waals surface area contributed by atoms with Gasteiger partial charge in [0.15, 0.2) is 0 Å². The highest BCUT2D eigenvalue weighted by atomic mass is 16.1. The van der Waals surface area contributed by atoms with Crippen molar-refractivity contribution >= 4 is 16.6 Å². The fourth-order valence-corrected chi connectivity index (χ4v) is 3.93. The molecule has 1 aromatic carbocycles. The molecule has 0 bridgehead atoms. The molecule has 1 fully saturated rings. The molecule has 27 heavy (non-hydrogen) atoms. The number of piperidine rings is 1. The molecular weight excluding hydrogens is 336 g/mol. The molecule has 140 valence electrons. The Morgan fingerprint density at radius 2 is 1.96 bits per heavy atom. The van der Waals surface area contributed by atoms with Gasteiger partial charge in [-0.3, -0.25) is 14.9 Å². The lowest BCUT2D eigenvalue weighted by Gasteiger charge is -2.33. The van der Waals surface area contributed by atoms with E-state index < -0.39 is 0 Å². The number of likely N-dealkylation sites (tertiary alicyclic amines) is 1. The van der Waals surface area contributed by atoms with E-state index in [0.717, 1.165) is 53.5 Å². The molecule has 1 aliphatic rings. The Bertz CT molecular complexity index is 925. The number of rotatable bonds is 5. The Labute approximate surface area is 159 Å². The molecule has 1 aliphatic heterocycles. The van der Waals surface area contributed by atoms with Gasteiger partial charge in [0.2, 0.25) is 0 Å². The summed E-state index contributed by atoms with van der Waals surface area (Å²) in [5.41, 5.74) is 3.03. The van der Waals surface area contributed by atoms with Gasteiger partial charge in [-0.15, -0.1) is 0 Å². The number of Topliss-reactive ketones (excluding diaryl/α,β-unsaturated/α-hetero) is 1. The van der Waals surface area contributed by atoms with Crippen molar-refractivity contribution in [3.63, 3.8) is 0 Å². The van der Waals surface area contributed by atoms with Crippen LogP contribution >= 0.6 is 0 Å². The summed E-state index contributed by atoms with van der Waals surface area (Å²) in [6.45, 7) is 6.48. The van der Waals surface area contributed by atoms with E-state index in [1.165, 1.54) is 0 Å². The highest BCUT2D eigenvalue weighted by molar-refractivity contribution is 5.88. The summed E-state index contributed by atoms with van der Waals surface area (Å²) in [5, 5.41) is 9.07. The quantitative estimate of drug-likeness (QED) is 0.749. The molecule has 2 aromatic heterocycles. The Balaban J connectivity index is 1.48. The zero-order valence-corrected chi connectivity index (χ0v) is 16.0. The first-order chi connectivity index (χ1) is 13.1. The van der Waals surface area contributed by atoms with Gasteiger partial charge in [0.1, 0.15) is 5.78 Å². The van der Waals surface area contributed by atoms with Crippen LogP contribution in [0.3, 0.4) is 0 Å². The molecule has 0 aliphatic carbocycles. The number of hydrogen-bond donors (Lipinski definition) is 1. The maximum Gasteiger partial charge on any atom is 0.142 e. The third kappa shape index (κ3) is 3.93. The number of H-pyrrole nitrogens is 1. The number of ketones is 1. The zero-order valence-electron chi connectivity index (χ0n) is 16.0. The molecule has 0 radical (unpaired) electrons. The van der Waals surface area contributed by atoms with Crippen LogP contribution in [0, 0.1) is 5.92 Å². The number of carbonyl (C=O) groups excluding carboxylic acids is 1. The van der Waals surface area contributed by atoms with Crippen LogP contribution in [0.2, 0.25) is 0 Å². The van der Waals surface area contributed by atoms with Crippen LogP contribution in [0.5, 0.6) is 0 Å². The number of aromatic nitrogens is 3. The minimum absolute atomic E-state index is 0.176. The third-order valence-electron chi connectivity index (χ3n) is 5.68. The third-order valence-corrected chi connectivity index (χ3v) is 5.68. The van der Waals surface area contributed by atoms with E-state index in [4.69, 9.17) is 0 Å². The Kier molecular flexibility index (Phi) is 5.03. The Morgan fingerprint density at radius 1 is 1.15 bits per heavy atom. The summed E-state index contributed by atoms with van der Waals surface area (Å²) in [4.78, 5) is 19.7. The lowest BCUT2D eigenvalue weighted by Crippen LogP contribution is -2.40. The van der Waals surface area contributed by atoms with Gasteiger partial charge in [0.05, 0.1) is 6.20 Å². The first kappa shape index (κ1) is 17.9. The molecule has 0 saturated carbocycles. The van der Waals surface area contributed by atoms with Gasteiger partial charge in [0, 0.05) is 47.4 Å². The molecular formula is C22H26N4O. The lowest BCUT2D eigenvalue weighted by atomic mass is 9.89. The summed E-state index contributed by atoms with van der Waals surface area (Å²) in [7, 11) is 0. The van der Waals surface area contributed by atoms with Gasteiger partial charge in [-0.25, -0.2) is 0 Å². The largest absolute Gasteiger partial charge is 0.301 e. The van der Waals surface area contributed by atoms with E-state index in [1.807, 2.05) is 18.6 Å². The maximum atomic E-state index is 12.8. The predicted molar refractivity (Wildman–Crippen MR) is 107 cm³/mol. The number of aromatic amines is 1. The summed E-state index contributed by atoms with van der Waals surface area (Å²) in [5.74, 6) is 0.506. The van der Waals surface area contributed by atoms with Crippen molar-refractivity contribution in [3.05, 3.63) is 48.5 Å². The number of pyridine rings is 1. The fraction of sp³-hybridized carbons (Fsp3) is 0.409. The molecule has 0 spiro atoms. The van der Waals surface area contributed by atoms with Gasteiger partial charge in [-0.05, 0) is 62.9 Å². The molecule has 3 aromatic rings. The van der Waals surface area contributed by atoms with Crippen molar-refractivity contribution in [3.8, 4) is 11.1 Å². The molecule has 4 rings (SSSR count). The van der Waals surface area contributed by atoms with Crippen LogP contribution < -0.4 is 0 Å². The van der Waals surface area contributed by atoms with Crippen molar-refractivity contribution in [2.45, 2.75) is 39.2 Å². The lowest BCUT2D eigenvalue weighted by molar-refractivity contribution is -0.123. The van der Waals surface area contributed by atoms with Crippen LogP contribution in [0.25, 0.3) is 21.9 Å². The smallest absolute Gasteiger partial charge is 0.142 e. The number of hydrogen-bond acceptors (Lipinski definition) is 4. The van der Waals surface area contributed by atoms with Gasteiger partial charge < -0.3 is 4.90 Å². The Morgan fingerprint density at radius 3 is 2.67 bits per heavy atom. The standard InChI is InChI=1S/C22H26N4O/c1-15(2)26-7-5-16(6-8-26)22(27)11-21-10-19-9-17(20-13-24-25-14-20)3-4-18(19)12-23-21/h3-4,9-10,12-16H,5-8,11H2,1-2H3,(H,24,25). The van der Waals surface area contributed by atoms with E-state index in [2.05, 4.69) is 58.2 Å². The fourth-order valence-electron chi connectivity index (χ4n) is 3.93. The van der Waals surface area contributed by atoms with Crippen molar-refractivity contribution < 1.29 is 4.79 Å². The number of nitrogens with one attached hydrogen (secondary N) is 1. The highest BCUT2D eigenvalue weighted by Gasteiger charge is 2.26. The van der Waals surface area contributed by atoms with Gasteiger partial charge in [0.25, 0.3) is 0 Å². The highest BCUT2D eigenvalue weighted by Crippen LogP contribution is 2.25. The molecule has 1 N–H and O–H groups in total. The minimum Gasteiger partial charge on any atom is -0.301 e. The molecule has 0 amide bonds. The monoisotopic (exact) mass is 362 g/mol. The van der Waals surface area contributed by atoms with Crippen LogP contribution in [-0.2, 0) is 11.2 Å². The van der Waals surface area contributed by atoms with Crippen molar-refractivity contribution in [1.29, 1.82) is 0 Å². The number of nitrogens with zero attached hydrogens (tertiary/aromatic N) is 3. The predicted octanol–water partition coefficient (Wildman–Crippen LogP) is 3.86. The van der Waals surface area contributed by atoms with Gasteiger partial charge in [-0.1, -0.05) is 12.1 Å². The van der Waals surface area contributed by atoms with Crippen molar-refractivity contribution in [2.24, 2.45) is 5.92 Å². The average Bonchev–Trinajstić information content (AvgIpc) is 3.22. The topological polar surface area (TPSA) is 61.9 Å². The number of carbonyl (C=O) groups is 1. The van der Waals surface area contributed by atoms with E-state index in [-0.39, 0.29) is 5.92 Å². The van der Waals surface area contributed by atoms with E-state index in [9.17, 15) is 4.79 Å². The normalized spacial score (nSPS) is 16.3. The number of fused-ring (bicyclic) bond motifs is 1. The molecule has 5 heteroatoms. The minimum atomic E-state index is 0.176. The first-order valence-electron chi connectivity index (χ1n) is 9.75. The summed E-state index contributed by atoms with van der Waals surface area (Å²) in [6, 6.07) is 8.89. The maximum absolute atomic E-state index is 12.8. The second kappa shape index (κ2) is 7.61. The summed E-state index contributed by atoms with van der Waals surface area (Å²) < 4.78 is 0. The van der Waals surface area contributed by atoms with Crippen molar-refractivity contribution in [2.75, 3.05) is 13.1 Å². The second-order valence-electron chi connectivity index (χ2n) is 7.77. The average molecular weight is 362 g/mol. The summed E-state index contributed by atoms with van der Waals surface area (Å²) >= 11 is 0. The van der Waals surface area contributed by atoms with Crippen LogP contribution in [0.4, 0.5) is 0 Å². The van der Waals surface area contributed by atoms with Crippen LogP contribution in [0.1, 0.15) is 32.4 Å². The number of benzene rings is 1. The van der Waals surface area contributed by atoms with Crippen LogP contribution in [-0.4, -0.2) is 45.0 Å². The van der Waals surface area contributed by atoms with Crippen LogP contribution in [0.15, 0.2) is 42.9 Å². The SMILES string of the molecule is CC(C)N1CCC(C(=O)Cc2cc3cc(-c4cn[nH]c4)ccc3cn2)CC1. The van der Waals surface area contributed by atoms with Crippen molar-refractivity contribution in [1.82, 2.24) is 20.1 Å². The molecule has 3 heterocycles. The molecule has 0 atom stereocenters. The second-order valence-corrected chi connectivity index (χ2v) is 7.77. The van der Waals surface area contributed by atoms with E-state index in [1.54, 1.807) is 0 Å². The molecule has 0 unspecified atom stereocenters. The molecule has 1 saturated heterocycles. The molecule has 5 nitrogen and oxygen atoms in total. The Hall–Kier alpha value is -2.53. The van der Waals surface area contributed by atoms with Gasteiger partial charge in [-0.2, -0.15) is 5.10 Å². The van der Waals surface area contributed by atoms with E-state index >= 15 is 0 Å². The van der Waals surface area contributed by atoms with E-state index in [0.29, 0.717) is 18.2 Å². The zero-order chi connectivity index (χ0) is 18.8. The van der Waals surface area contributed by atoms with Gasteiger partial charge >= 0.3 is 0 Å². The summed E-state index contributed by atoms with van der Waals surface area (Å²) in [6.07, 6.45) is 7.94. The first-order valence-corrected chi connectivity index (χ1v) is 9.75.